The van der Waals surface area contributed by atoms with E-state index in [1.807, 2.05) is 18.2 Å². The van der Waals surface area contributed by atoms with E-state index in [2.05, 4.69) is 45.8 Å². The summed E-state index contributed by atoms with van der Waals surface area (Å²) >= 11 is 0. The van der Waals surface area contributed by atoms with Crippen molar-refractivity contribution in [3.8, 4) is 5.75 Å². The summed E-state index contributed by atoms with van der Waals surface area (Å²) in [4.78, 5) is 13.4. The third-order valence-electron chi connectivity index (χ3n) is 6.09. The van der Waals surface area contributed by atoms with Crippen molar-refractivity contribution in [2.45, 2.75) is 66.2 Å². The van der Waals surface area contributed by atoms with Crippen molar-refractivity contribution >= 4 is 5.78 Å². The number of hydrogen-bond acceptors (Lipinski definition) is 3. The summed E-state index contributed by atoms with van der Waals surface area (Å²) in [5, 5.41) is 8.05. The van der Waals surface area contributed by atoms with Crippen LogP contribution < -0.4 is 4.74 Å². The topological polar surface area (TPSA) is 55.0 Å². The zero-order chi connectivity index (χ0) is 21.0. The number of methoxy groups -OCH3 is 1. The number of Topliss-reactive ketones (excluding diaryl/α,β-unsaturated/α-hetero) is 1. The Kier molecular flexibility index (Phi) is 4.71. The number of hydrogen-bond donors (Lipinski definition) is 1. The van der Waals surface area contributed by atoms with Gasteiger partial charge in [0, 0.05) is 41.2 Å². The predicted octanol–water partition coefficient (Wildman–Crippen LogP) is 5.38. The number of ketones is 1. The van der Waals surface area contributed by atoms with Gasteiger partial charge in [-0.05, 0) is 29.7 Å². The molecule has 2 aliphatic rings. The largest absolute Gasteiger partial charge is 0.496 e. The maximum absolute atomic E-state index is 13.4. The molecule has 0 saturated heterocycles. The van der Waals surface area contributed by atoms with Crippen molar-refractivity contribution < 1.29 is 9.53 Å². The monoisotopic (exact) mass is 392 g/mol. The lowest BCUT2D eigenvalue weighted by Gasteiger charge is -2.38. The number of carbonyl (C=O) groups is 1. The molecule has 2 aromatic rings. The van der Waals surface area contributed by atoms with Gasteiger partial charge in [-0.2, -0.15) is 5.10 Å². The van der Waals surface area contributed by atoms with E-state index in [1.54, 1.807) is 7.11 Å². The molecule has 4 heteroatoms. The maximum Gasteiger partial charge on any atom is 0.160 e. The Morgan fingerprint density at radius 3 is 2.62 bits per heavy atom. The number of benzene rings is 1. The highest BCUT2D eigenvalue weighted by Gasteiger charge is 2.43. The lowest BCUT2D eigenvalue weighted by atomic mass is 9.64. The average molecular weight is 393 g/mol. The molecule has 0 fully saturated rings. The molecule has 1 aromatic carbocycles. The number of aromatic amines is 1. The highest BCUT2D eigenvalue weighted by atomic mass is 16.5. The number of H-pyrrole nitrogens is 1. The Morgan fingerprint density at radius 1 is 1.21 bits per heavy atom. The van der Waals surface area contributed by atoms with Gasteiger partial charge in [0.05, 0.1) is 12.8 Å². The molecule has 0 amide bonds. The van der Waals surface area contributed by atoms with Crippen LogP contribution in [-0.4, -0.2) is 23.1 Å². The molecule has 4 nitrogen and oxygen atoms in total. The Balaban J connectivity index is 1.95. The summed E-state index contributed by atoms with van der Waals surface area (Å²) < 4.78 is 5.72. The van der Waals surface area contributed by atoms with E-state index in [0.29, 0.717) is 6.42 Å². The molecule has 154 valence electrons. The fourth-order valence-corrected chi connectivity index (χ4v) is 5.10. The molecule has 0 unspecified atom stereocenters. The Hall–Kier alpha value is -2.36. The fraction of sp³-hybridized carbons (Fsp3) is 0.520. The summed E-state index contributed by atoms with van der Waals surface area (Å²) in [7, 11) is 1.70. The van der Waals surface area contributed by atoms with Crippen LogP contribution in [0, 0.1) is 10.8 Å². The maximum atomic E-state index is 13.4. The number of nitrogens with one attached hydrogen (secondary N) is 1. The van der Waals surface area contributed by atoms with E-state index in [9.17, 15) is 4.79 Å². The van der Waals surface area contributed by atoms with Gasteiger partial charge in [0.15, 0.2) is 5.78 Å². The fourth-order valence-electron chi connectivity index (χ4n) is 5.10. The number of rotatable bonds is 3. The van der Waals surface area contributed by atoms with Crippen molar-refractivity contribution in [2.24, 2.45) is 10.8 Å². The summed E-state index contributed by atoms with van der Waals surface area (Å²) in [5.74, 6) is 1.00. The summed E-state index contributed by atoms with van der Waals surface area (Å²) in [6.07, 6.45) is 3.21. The zero-order valence-electron chi connectivity index (χ0n) is 18.5. The first kappa shape index (κ1) is 19.9. The Labute approximate surface area is 173 Å². The Bertz CT molecular complexity index is 988. The van der Waals surface area contributed by atoms with Crippen molar-refractivity contribution in [1.29, 1.82) is 0 Å². The van der Waals surface area contributed by atoms with Crippen LogP contribution in [0.4, 0.5) is 0 Å². The molecule has 1 N–H and O–H groups in total. The van der Waals surface area contributed by atoms with Gasteiger partial charge in [0.25, 0.3) is 0 Å². The minimum atomic E-state index is -0.107. The molecule has 2 aliphatic carbocycles. The number of carbonyl (C=O) groups excluding carboxylic acids is 1. The molecule has 0 saturated carbocycles. The van der Waals surface area contributed by atoms with Gasteiger partial charge in [0.1, 0.15) is 5.75 Å². The summed E-state index contributed by atoms with van der Waals surface area (Å²) in [6.45, 7) is 11.1. The van der Waals surface area contributed by atoms with Crippen LogP contribution >= 0.6 is 0 Å². The molecule has 1 atom stereocenters. The van der Waals surface area contributed by atoms with Gasteiger partial charge >= 0.3 is 0 Å². The molecular formula is C25H32N2O2. The first-order chi connectivity index (χ1) is 13.6. The third kappa shape index (κ3) is 3.65. The molecule has 0 radical (unpaired) electrons. The van der Waals surface area contributed by atoms with E-state index in [0.717, 1.165) is 47.5 Å². The summed E-state index contributed by atoms with van der Waals surface area (Å²) in [6, 6.07) is 8.11. The minimum absolute atomic E-state index is 0.00695. The normalized spacial score (nSPS) is 21.0. The van der Waals surface area contributed by atoms with Crippen molar-refractivity contribution in [1.82, 2.24) is 10.2 Å². The number of allylic oxidation sites excluding steroid dienone is 2. The number of aromatic nitrogens is 2. The van der Waals surface area contributed by atoms with Crippen LogP contribution in [-0.2, 0) is 17.6 Å². The van der Waals surface area contributed by atoms with Crippen LogP contribution in [0.15, 0.2) is 35.4 Å². The van der Waals surface area contributed by atoms with Crippen LogP contribution in [0.2, 0.25) is 0 Å². The van der Waals surface area contributed by atoms with Gasteiger partial charge < -0.3 is 4.74 Å². The van der Waals surface area contributed by atoms with Crippen LogP contribution in [0.5, 0.6) is 5.75 Å². The molecule has 0 aliphatic heterocycles. The van der Waals surface area contributed by atoms with Gasteiger partial charge in [0.2, 0.25) is 0 Å². The molecular weight excluding hydrogens is 360 g/mol. The molecule has 1 heterocycles. The van der Waals surface area contributed by atoms with E-state index >= 15 is 0 Å². The minimum Gasteiger partial charge on any atom is -0.496 e. The zero-order valence-corrected chi connectivity index (χ0v) is 18.5. The number of nitrogens with zero attached hydrogens (tertiary/aromatic N) is 1. The first-order valence-electron chi connectivity index (χ1n) is 10.5. The first-order valence-corrected chi connectivity index (χ1v) is 10.5. The van der Waals surface area contributed by atoms with Gasteiger partial charge in [-0.3, -0.25) is 9.89 Å². The molecule has 0 spiro atoms. The summed E-state index contributed by atoms with van der Waals surface area (Å²) in [5.41, 5.74) is 6.86. The van der Waals surface area contributed by atoms with E-state index < -0.39 is 0 Å². The lowest BCUT2D eigenvalue weighted by Crippen LogP contribution is -2.32. The van der Waals surface area contributed by atoms with E-state index in [4.69, 9.17) is 9.84 Å². The highest BCUT2D eigenvalue weighted by Crippen LogP contribution is 2.51. The van der Waals surface area contributed by atoms with Gasteiger partial charge in [-0.1, -0.05) is 58.4 Å². The Morgan fingerprint density at radius 2 is 1.93 bits per heavy atom. The standard InChI is InChI=1S/C25H32N2O2/c1-24(2,3)13-18-23-17(26-27-18)11-15-12-25(4,5)14-19(28)21(15)22(23)16-9-7-8-10-20(16)29-6/h7-10,22H,11-14H2,1-6H3,(H,26,27)/t22-/m1/s1. The average Bonchev–Trinajstić information content (AvgIpc) is 2.99. The van der Waals surface area contributed by atoms with E-state index in [-0.39, 0.29) is 22.5 Å². The van der Waals surface area contributed by atoms with Gasteiger partial charge in [-0.25, -0.2) is 0 Å². The second-order valence-electron chi connectivity index (χ2n) is 10.6. The molecule has 29 heavy (non-hydrogen) atoms. The van der Waals surface area contributed by atoms with Crippen LogP contribution in [0.25, 0.3) is 0 Å². The third-order valence-corrected chi connectivity index (χ3v) is 6.09. The van der Waals surface area contributed by atoms with Crippen molar-refractivity contribution in [3.63, 3.8) is 0 Å². The molecule has 1 aromatic heterocycles. The van der Waals surface area contributed by atoms with Crippen LogP contribution in [0.1, 0.15) is 75.9 Å². The van der Waals surface area contributed by atoms with Crippen molar-refractivity contribution in [2.75, 3.05) is 7.11 Å². The van der Waals surface area contributed by atoms with Crippen molar-refractivity contribution in [3.05, 3.63) is 57.9 Å². The second kappa shape index (κ2) is 6.86. The lowest BCUT2D eigenvalue weighted by molar-refractivity contribution is -0.118. The van der Waals surface area contributed by atoms with Crippen LogP contribution in [0.3, 0.4) is 0 Å². The number of fused-ring (bicyclic) bond motifs is 1. The quantitative estimate of drug-likeness (QED) is 0.763. The smallest absolute Gasteiger partial charge is 0.160 e. The number of ether oxygens (including phenoxy) is 1. The van der Waals surface area contributed by atoms with E-state index in [1.165, 1.54) is 11.1 Å². The molecule has 0 bridgehead atoms. The predicted molar refractivity (Wildman–Crippen MR) is 115 cm³/mol. The molecule has 4 rings (SSSR count). The SMILES string of the molecule is COc1ccccc1[C@@H]1C2=C(Cc3[nH]nc(CC(C)(C)C)c31)CC(C)(C)CC2=O. The highest BCUT2D eigenvalue weighted by molar-refractivity contribution is 6.00. The second-order valence-corrected chi connectivity index (χ2v) is 10.6. The van der Waals surface area contributed by atoms with Gasteiger partial charge in [-0.15, -0.1) is 0 Å². The number of para-hydroxylation sites is 1.